The van der Waals surface area contributed by atoms with E-state index in [1.807, 2.05) is 11.3 Å². The molecule has 104 valence electrons. The Bertz CT molecular complexity index is 489. The molecule has 0 saturated heterocycles. The lowest BCUT2D eigenvalue weighted by Crippen LogP contribution is -2.54. The van der Waals surface area contributed by atoms with Crippen LogP contribution in [0.3, 0.4) is 0 Å². The highest BCUT2D eigenvalue weighted by Crippen LogP contribution is 2.68. The Morgan fingerprint density at radius 2 is 1.89 bits per heavy atom. The van der Waals surface area contributed by atoms with Gasteiger partial charge >= 0.3 is 0 Å². The summed E-state index contributed by atoms with van der Waals surface area (Å²) in [5.41, 5.74) is 7.81. The largest absolute Gasteiger partial charge is 0.323 e. The van der Waals surface area contributed by atoms with Crippen LogP contribution in [0.1, 0.15) is 61.2 Å². The van der Waals surface area contributed by atoms with E-state index in [-0.39, 0.29) is 6.04 Å². The van der Waals surface area contributed by atoms with E-state index in [0.717, 1.165) is 11.8 Å². The van der Waals surface area contributed by atoms with Gasteiger partial charge in [-0.15, -0.1) is 11.3 Å². The van der Waals surface area contributed by atoms with Crippen LogP contribution in [0.2, 0.25) is 0 Å². The first kappa shape index (κ1) is 12.4. The van der Waals surface area contributed by atoms with E-state index in [1.165, 1.54) is 48.3 Å². The summed E-state index contributed by atoms with van der Waals surface area (Å²) < 4.78 is 0. The van der Waals surface area contributed by atoms with Crippen molar-refractivity contribution in [1.29, 1.82) is 0 Å². The van der Waals surface area contributed by atoms with Gasteiger partial charge in [-0.3, -0.25) is 0 Å². The van der Waals surface area contributed by atoms with Gasteiger partial charge in [-0.2, -0.15) is 0 Å². The van der Waals surface area contributed by atoms with E-state index in [0.29, 0.717) is 10.8 Å². The Hall–Kier alpha value is -0.340. The molecule has 4 aliphatic rings. The number of aryl methyl sites for hydroxylation is 1. The average molecular weight is 275 g/mol. The summed E-state index contributed by atoms with van der Waals surface area (Å²) in [6.07, 6.45) is 8.62. The number of nitrogens with two attached hydrogens (primary N) is 1. The zero-order valence-corrected chi connectivity index (χ0v) is 12.9. The second-order valence-corrected chi connectivity index (χ2v) is 9.38. The molecule has 3 atom stereocenters. The normalized spacial score (nSPS) is 45.6. The Kier molecular flexibility index (Phi) is 2.52. The lowest BCUT2D eigenvalue weighted by molar-refractivity contribution is -0.113. The maximum absolute atomic E-state index is 6.78. The maximum Gasteiger partial charge on any atom is 0.0447 e. The lowest BCUT2D eigenvalue weighted by atomic mass is 9.43. The van der Waals surface area contributed by atoms with Gasteiger partial charge in [-0.25, -0.2) is 0 Å². The minimum atomic E-state index is 0.288. The molecule has 1 heterocycles. The number of hydrogen-bond acceptors (Lipinski definition) is 2. The fraction of sp³-hybridized carbons (Fsp3) is 0.765. The van der Waals surface area contributed by atoms with Gasteiger partial charge in [0.1, 0.15) is 0 Å². The molecule has 4 fully saturated rings. The third-order valence-electron chi connectivity index (χ3n) is 6.13. The average Bonchev–Trinajstić information content (AvgIpc) is 2.71. The zero-order valence-electron chi connectivity index (χ0n) is 12.1. The molecule has 0 radical (unpaired) electrons. The van der Waals surface area contributed by atoms with Gasteiger partial charge in [0, 0.05) is 15.8 Å². The molecule has 0 aromatic carbocycles. The summed E-state index contributed by atoms with van der Waals surface area (Å²) in [6, 6.07) is 4.81. The Morgan fingerprint density at radius 1 is 1.21 bits per heavy atom. The molecule has 3 unspecified atom stereocenters. The summed E-state index contributed by atoms with van der Waals surface area (Å²) in [7, 11) is 0. The van der Waals surface area contributed by atoms with E-state index >= 15 is 0 Å². The van der Waals surface area contributed by atoms with Crippen LogP contribution in [0.4, 0.5) is 0 Å². The lowest BCUT2D eigenvalue weighted by Gasteiger charge is -2.63. The van der Waals surface area contributed by atoms with Gasteiger partial charge in [0.2, 0.25) is 0 Å². The van der Waals surface area contributed by atoms with Crippen molar-refractivity contribution in [2.24, 2.45) is 28.4 Å². The van der Waals surface area contributed by atoms with E-state index in [2.05, 4.69) is 26.0 Å². The zero-order chi connectivity index (χ0) is 13.3. The van der Waals surface area contributed by atoms with Crippen LogP contribution >= 0.6 is 11.3 Å². The van der Waals surface area contributed by atoms with E-state index in [1.54, 1.807) is 0 Å². The molecular formula is C17H25NS. The minimum Gasteiger partial charge on any atom is -0.323 e. The molecule has 2 N–H and O–H groups in total. The highest BCUT2D eigenvalue weighted by molar-refractivity contribution is 7.12. The van der Waals surface area contributed by atoms with Gasteiger partial charge < -0.3 is 5.73 Å². The topological polar surface area (TPSA) is 26.0 Å². The van der Waals surface area contributed by atoms with Crippen molar-refractivity contribution in [3.8, 4) is 0 Å². The SMILES string of the molecule is Cc1ccc(C(N)C23CC4CC(CC(C)(C4)C2)C3)s1. The first-order valence-corrected chi connectivity index (χ1v) is 8.62. The second kappa shape index (κ2) is 3.85. The van der Waals surface area contributed by atoms with Crippen molar-refractivity contribution in [3.05, 3.63) is 21.9 Å². The van der Waals surface area contributed by atoms with Crippen molar-refractivity contribution < 1.29 is 0 Å². The van der Waals surface area contributed by atoms with Crippen LogP contribution in [0.15, 0.2) is 12.1 Å². The number of thiophene rings is 1. The predicted molar refractivity (Wildman–Crippen MR) is 81.2 cm³/mol. The van der Waals surface area contributed by atoms with Gasteiger partial charge in [-0.1, -0.05) is 6.92 Å². The van der Waals surface area contributed by atoms with Crippen LogP contribution in [0, 0.1) is 29.6 Å². The van der Waals surface area contributed by atoms with Crippen LogP contribution in [0.25, 0.3) is 0 Å². The third kappa shape index (κ3) is 1.83. The molecular weight excluding hydrogens is 250 g/mol. The monoisotopic (exact) mass is 275 g/mol. The maximum atomic E-state index is 6.78. The smallest absolute Gasteiger partial charge is 0.0447 e. The third-order valence-corrected chi connectivity index (χ3v) is 7.21. The van der Waals surface area contributed by atoms with Crippen LogP contribution in [0.5, 0.6) is 0 Å². The standard InChI is InChI=1S/C17H25NS/c1-11-3-4-14(19-11)15(18)17-8-12-5-13(9-17)7-16(2,6-12)10-17/h3-4,12-13,15H,5-10,18H2,1-2H3. The molecule has 0 aliphatic heterocycles. The van der Waals surface area contributed by atoms with Crippen molar-refractivity contribution in [3.63, 3.8) is 0 Å². The molecule has 0 spiro atoms. The van der Waals surface area contributed by atoms with Crippen LogP contribution in [-0.2, 0) is 0 Å². The van der Waals surface area contributed by atoms with Crippen molar-refractivity contribution in [1.82, 2.24) is 0 Å². The van der Waals surface area contributed by atoms with Crippen molar-refractivity contribution >= 4 is 11.3 Å². The summed E-state index contributed by atoms with van der Waals surface area (Å²) >= 11 is 1.92. The number of rotatable bonds is 2. The molecule has 5 rings (SSSR count). The molecule has 1 aromatic rings. The highest BCUT2D eigenvalue weighted by atomic mass is 32.1. The molecule has 1 aromatic heterocycles. The summed E-state index contributed by atoms with van der Waals surface area (Å²) in [4.78, 5) is 2.84. The molecule has 2 heteroatoms. The molecule has 4 aliphatic carbocycles. The van der Waals surface area contributed by atoms with Crippen LogP contribution in [-0.4, -0.2) is 0 Å². The summed E-state index contributed by atoms with van der Waals surface area (Å²) in [6.45, 7) is 4.73. The fourth-order valence-electron chi connectivity index (χ4n) is 6.08. The molecule has 4 bridgehead atoms. The summed E-state index contributed by atoms with van der Waals surface area (Å²) in [5, 5.41) is 0. The second-order valence-electron chi connectivity index (χ2n) is 8.06. The first-order valence-electron chi connectivity index (χ1n) is 7.80. The quantitative estimate of drug-likeness (QED) is 0.834. The van der Waals surface area contributed by atoms with E-state index in [4.69, 9.17) is 5.73 Å². The van der Waals surface area contributed by atoms with E-state index < -0.39 is 0 Å². The van der Waals surface area contributed by atoms with Gasteiger partial charge in [0.15, 0.2) is 0 Å². The molecule has 1 nitrogen and oxygen atoms in total. The molecule has 19 heavy (non-hydrogen) atoms. The van der Waals surface area contributed by atoms with Gasteiger partial charge in [0.25, 0.3) is 0 Å². The van der Waals surface area contributed by atoms with Crippen LogP contribution < -0.4 is 5.73 Å². The molecule has 4 saturated carbocycles. The summed E-state index contributed by atoms with van der Waals surface area (Å²) in [5.74, 6) is 1.94. The minimum absolute atomic E-state index is 0.288. The first-order chi connectivity index (χ1) is 8.98. The van der Waals surface area contributed by atoms with Gasteiger partial charge in [0.05, 0.1) is 0 Å². The van der Waals surface area contributed by atoms with Gasteiger partial charge in [-0.05, 0) is 80.2 Å². The van der Waals surface area contributed by atoms with Crippen molar-refractivity contribution in [2.45, 2.75) is 58.4 Å². The highest BCUT2D eigenvalue weighted by Gasteiger charge is 2.58. The van der Waals surface area contributed by atoms with Crippen molar-refractivity contribution in [2.75, 3.05) is 0 Å². The Labute approximate surface area is 120 Å². The fourth-order valence-corrected chi connectivity index (χ4v) is 7.11. The van der Waals surface area contributed by atoms with E-state index in [9.17, 15) is 0 Å². The Morgan fingerprint density at radius 3 is 2.42 bits per heavy atom. The number of hydrogen-bond donors (Lipinski definition) is 1. The molecule has 0 amide bonds. The predicted octanol–water partition coefficient (Wildman–Crippen LogP) is 4.66. The Balaban J connectivity index is 1.70.